The van der Waals surface area contributed by atoms with E-state index in [0.717, 1.165) is 0 Å². The summed E-state index contributed by atoms with van der Waals surface area (Å²) in [4.78, 5) is 0. The van der Waals surface area contributed by atoms with Crippen molar-refractivity contribution in [1.29, 1.82) is 0 Å². The molecule has 19 heavy (non-hydrogen) atoms. The summed E-state index contributed by atoms with van der Waals surface area (Å²) in [7, 11) is 0. The third kappa shape index (κ3) is 1.40. The van der Waals surface area contributed by atoms with Crippen molar-refractivity contribution in [1.82, 2.24) is 0 Å². The van der Waals surface area contributed by atoms with Crippen molar-refractivity contribution in [3.05, 3.63) is 66.2 Å². The third-order valence-electron chi connectivity index (χ3n) is 3.91. The number of hydrogen-bond acceptors (Lipinski definition) is 0. The van der Waals surface area contributed by atoms with Crippen LogP contribution in [0.15, 0.2) is 60.7 Å². The van der Waals surface area contributed by atoms with E-state index in [1.807, 2.05) is 0 Å². The zero-order chi connectivity index (χ0) is 12.8. The fraction of sp³-hybridized carbons (Fsp3) is 0.0526. The quantitative estimate of drug-likeness (QED) is 0.380. The molecule has 0 saturated carbocycles. The highest BCUT2D eigenvalue weighted by molar-refractivity contribution is 6.24. The van der Waals surface area contributed by atoms with Crippen molar-refractivity contribution in [3.8, 4) is 0 Å². The third-order valence-corrected chi connectivity index (χ3v) is 3.91. The Morgan fingerprint density at radius 3 is 2.05 bits per heavy atom. The summed E-state index contributed by atoms with van der Waals surface area (Å²) in [6.07, 6.45) is 4.29. The fourth-order valence-electron chi connectivity index (χ4n) is 3.08. The van der Waals surface area contributed by atoms with Gasteiger partial charge < -0.3 is 0 Å². The van der Waals surface area contributed by atoms with Crippen molar-refractivity contribution in [2.75, 3.05) is 0 Å². The molecule has 0 aliphatic carbocycles. The maximum Gasteiger partial charge on any atom is -0.00208 e. The summed E-state index contributed by atoms with van der Waals surface area (Å²) < 4.78 is 0. The van der Waals surface area contributed by atoms with Gasteiger partial charge >= 0.3 is 0 Å². The van der Waals surface area contributed by atoms with Gasteiger partial charge in [-0.25, -0.2) is 0 Å². The van der Waals surface area contributed by atoms with Crippen LogP contribution in [0.4, 0.5) is 0 Å². The summed E-state index contributed by atoms with van der Waals surface area (Å²) in [5.41, 5.74) is 1.30. The Balaban J connectivity index is 2.34. The average molecular weight is 242 g/mol. The van der Waals surface area contributed by atoms with Crippen molar-refractivity contribution >= 4 is 38.4 Å². The first kappa shape index (κ1) is 10.6. The Kier molecular flexibility index (Phi) is 2.13. The molecule has 0 unspecified atom stereocenters. The molecule has 0 saturated heterocycles. The molecule has 0 bridgehead atoms. The lowest BCUT2D eigenvalue weighted by molar-refractivity contribution is 1.72. The van der Waals surface area contributed by atoms with Crippen molar-refractivity contribution in [3.63, 3.8) is 0 Å². The van der Waals surface area contributed by atoms with E-state index in [2.05, 4.69) is 73.7 Å². The van der Waals surface area contributed by atoms with Gasteiger partial charge in [0.25, 0.3) is 0 Å². The zero-order valence-corrected chi connectivity index (χ0v) is 10.9. The molecule has 4 aromatic rings. The number of rotatable bonds is 1. The van der Waals surface area contributed by atoms with Crippen LogP contribution in [-0.2, 0) is 0 Å². The van der Waals surface area contributed by atoms with Crippen LogP contribution >= 0.6 is 0 Å². The normalized spacial score (nSPS) is 12.3. The molecule has 0 nitrogen and oxygen atoms in total. The van der Waals surface area contributed by atoms with Gasteiger partial charge in [-0.2, -0.15) is 0 Å². The second-order valence-corrected chi connectivity index (χ2v) is 5.01. The lowest BCUT2D eigenvalue weighted by Gasteiger charge is -2.12. The maximum absolute atomic E-state index is 2.25. The van der Waals surface area contributed by atoms with Crippen LogP contribution in [0.2, 0.25) is 0 Å². The second-order valence-electron chi connectivity index (χ2n) is 5.01. The lowest BCUT2D eigenvalue weighted by atomic mass is 9.92. The number of hydrogen-bond donors (Lipinski definition) is 0. The topological polar surface area (TPSA) is 0 Å². The minimum absolute atomic E-state index is 1.30. The van der Waals surface area contributed by atoms with Gasteiger partial charge in [-0.3, -0.25) is 0 Å². The van der Waals surface area contributed by atoms with Gasteiger partial charge in [0.15, 0.2) is 0 Å². The van der Waals surface area contributed by atoms with Crippen LogP contribution in [0.25, 0.3) is 38.4 Å². The van der Waals surface area contributed by atoms with E-state index in [0.29, 0.717) is 0 Å². The van der Waals surface area contributed by atoms with E-state index in [1.54, 1.807) is 0 Å². The molecule has 0 atom stereocenters. The maximum atomic E-state index is 2.25. The first-order valence-electron chi connectivity index (χ1n) is 6.68. The van der Waals surface area contributed by atoms with Crippen LogP contribution < -0.4 is 0 Å². The molecule has 0 fully saturated rings. The Bertz CT molecular complexity index is 897. The van der Waals surface area contributed by atoms with Crippen LogP contribution in [0, 0.1) is 0 Å². The standard InChI is InChI=1S/C19H14/c1-2-4-13-7-8-16-10-9-14-5-3-6-15-11-12-17(13)19(16)18(14)15/h2-12H,1H3/b4-2-. The first-order chi connectivity index (χ1) is 9.38. The Labute approximate surface area is 112 Å². The van der Waals surface area contributed by atoms with Gasteiger partial charge in [0.05, 0.1) is 0 Å². The molecule has 0 heterocycles. The van der Waals surface area contributed by atoms with Gasteiger partial charge in [0.2, 0.25) is 0 Å². The molecule has 4 aromatic carbocycles. The molecule has 0 heteroatoms. The van der Waals surface area contributed by atoms with Crippen molar-refractivity contribution < 1.29 is 0 Å². The highest BCUT2D eigenvalue weighted by Gasteiger charge is 2.08. The van der Waals surface area contributed by atoms with E-state index in [9.17, 15) is 0 Å². The van der Waals surface area contributed by atoms with Gasteiger partial charge in [-0.05, 0) is 44.8 Å². The van der Waals surface area contributed by atoms with E-state index in [4.69, 9.17) is 0 Å². The van der Waals surface area contributed by atoms with Crippen molar-refractivity contribution in [2.24, 2.45) is 0 Å². The average Bonchev–Trinajstić information content (AvgIpc) is 2.46. The second kappa shape index (κ2) is 3.83. The highest BCUT2D eigenvalue weighted by Crippen LogP contribution is 2.36. The number of benzene rings is 4. The summed E-state index contributed by atoms with van der Waals surface area (Å²) >= 11 is 0. The Hall–Kier alpha value is -2.34. The van der Waals surface area contributed by atoms with E-state index in [-0.39, 0.29) is 0 Å². The van der Waals surface area contributed by atoms with Crippen LogP contribution in [-0.4, -0.2) is 0 Å². The molecular weight excluding hydrogens is 228 g/mol. The monoisotopic (exact) mass is 242 g/mol. The largest absolute Gasteiger partial charge is 0.0870 e. The van der Waals surface area contributed by atoms with Gasteiger partial charge in [-0.15, -0.1) is 0 Å². The van der Waals surface area contributed by atoms with E-state index in [1.165, 1.54) is 37.9 Å². The highest BCUT2D eigenvalue weighted by atomic mass is 14.1. The van der Waals surface area contributed by atoms with Gasteiger partial charge in [0.1, 0.15) is 0 Å². The summed E-state index contributed by atoms with van der Waals surface area (Å²) in [6.45, 7) is 2.07. The molecule has 0 radical (unpaired) electrons. The summed E-state index contributed by atoms with van der Waals surface area (Å²) in [5.74, 6) is 0. The molecule has 0 aromatic heterocycles. The Morgan fingerprint density at radius 1 is 0.684 bits per heavy atom. The molecule has 0 spiro atoms. The lowest BCUT2D eigenvalue weighted by Crippen LogP contribution is -1.85. The fourth-order valence-corrected chi connectivity index (χ4v) is 3.08. The van der Waals surface area contributed by atoms with Crippen molar-refractivity contribution in [2.45, 2.75) is 6.92 Å². The molecular formula is C19H14. The SMILES string of the molecule is C/C=C\c1ccc2ccc3cccc4ccc1c2c34. The minimum atomic E-state index is 1.30. The van der Waals surface area contributed by atoms with Crippen LogP contribution in [0.1, 0.15) is 12.5 Å². The zero-order valence-electron chi connectivity index (χ0n) is 10.9. The van der Waals surface area contributed by atoms with E-state index < -0.39 is 0 Å². The molecule has 4 rings (SSSR count). The molecule has 0 amide bonds. The number of allylic oxidation sites excluding steroid dienone is 1. The summed E-state index contributed by atoms with van der Waals surface area (Å²) in [5, 5.41) is 8.11. The first-order valence-corrected chi connectivity index (χ1v) is 6.68. The molecule has 0 aliphatic heterocycles. The van der Waals surface area contributed by atoms with Gasteiger partial charge in [-0.1, -0.05) is 66.7 Å². The van der Waals surface area contributed by atoms with Crippen LogP contribution in [0.3, 0.4) is 0 Å². The molecule has 0 aliphatic rings. The summed E-state index contributed by atoms with van der Waals surface area (Å²) in [6, 6.07) is 19.9. The predicted octanol–water partition coefficient (Wildman–Crippen LogP) is 5.62. The smallest absolute Gasteiger partial charge is 0.00208 e. The predicted molar refractivity (Wildman–Crippen MR) is 84.9 cm³/mol. The molecule has 90 valence electrons. The molecule has 0 N–H and O–H groups in total. The van der Waals surface area contributed by atoms with E-state index >= 15 is 0 Å². The van der Waals surface area contributed by atoms with Crippen LogP contribution in [0.5, 0.6) is 0 Å². The minimum Gasteiger partial charge on any atom is -0.0870 e. The van der Waals surface area contributed by atoms with Gasteiger partial charge in [0, 0.05) is 0 Å². The Morgan fingerprint density at radius 2 is 1.32 bits per heavy atom.